The Morgan fingerprint density at radius 3 is 1.53 bits per heavy atom. The van der Waals surface area contributed by atoms with Crippen LogP contribution in [0.15, 0.2) is 218 Å². The molecule has 0 aliphatic carbocycles. The minimum absolute atomic E-state index is 0.637. The van der Waals surface area contributed by atoms with E-state index < -0.39 is 0 Å². The molecule has 0 aliphatic heterocycles. The highest BCUT2D eigenvalue weighted by molar-refractivity contribution is 7.26. The Labute approximate surface area is 373 Å². The normalized spacial score (nSPS) is 11.8. The summed E-state index contributed by atoms with van der Waals surface area (Å²) in [7, 11) is 0. The van der Waals surface area contributed by atoms with Crippen LogP contribution in [0.2, 0.25) is 0 Å². The largest absolute Gasteiger partial charge is 0.309 e. The molecule has 10 aromatic carbocycles. The lowest BCUT2D eigenvalue weighted by Crippen LogP contribution is -2.01. The van der Waals surface area contributed by atoms with Gasteiger partial charge in [0.25, 0.3) is 0 Å². The van der Waals surface area contributed by atoms with E-state index in [4.69, 9.17) is 15.0 Å². The monoisotopic (exact) mass is 832 g/mol. The van der Waals surface area contributed by atoms with Crippen molar-refractivity contribution in [3.63, 3.8) is 0 Å². The molecule has 3 heterocycles. The maximum atomic E-state index is 5.33. The van der Waals surface area contributed by atoms with Crippen LogP contribution < -0.4 is 0 Å². The van der Waals surface area contributed by atoms with Crippen LogP contribution in [0, 0.1) is 0 Å². The van der Waals surface area contributed by atoms with Crippen LogP contribution in [0.4, 0.5) is 0 Å². The summed E-state index contributed by atoms with van der Waals surface area (Å²) in [6.07, 6.45) is 0. The van der Waals surface area contributed by atoms with E-state index in [0.717, 1.165) is 38.2 Å². The Morgan fingerprint density at radius 1 is 0.328 bits per heavy atom. The lowest BCUT2D eigenvalue weighted by Gasteiger charge is -2.13. The predicted octanol–water partition coefficient (Wildman–Crippen LogP) is 16.0. The number of thiophene rings is 1. The summed E-state index contributed by atoms with van der Waals surface area (Å²) in [4.78, 5) is 15.7. The zero-order valence-corrected chi connectivity index (χ0v) is 35.3. The molecule has 0 saturated carbocycles. The summed E-state index contributed by atoms with van der Waals surface area (Å²) < 4.78 is 4.80. The fourth-order valence-electron chi connectivity index (χ4n) is 9.66. The maximum absolute atomic E-state index is 5.33. The molecule has 0 radical (unpaired) electrons. The van der Waals surface area contributed by atoms with Crippen LogP contribution in [-0.2, 0) is 0 Å². The molecule has 0 amide bonds. The van der Waals surface area contributed by atoms with Crippen LogP contribution >= 0.6 is 11.3 Å². The van der Waals surface area contributed by atoms with E-state index in [-0.39, 0.29) is 0 Å². The van der Waals surface area contributed by atoms with Gasteiger partial charge in [-0.15, -0.1) is 11.3 Å². The number of fused-ring (bicyclic) bond motifs is 10. The Kier molecular flexibility index (Phi) is 8.36. The Hall–Kier alpha value is -8.25. The SMILES string of the molecule is c1ccc(-c2ccc(-c3ccccc3-c3nc(-c4ccccc4)nc(-c4cccc5c4sc4cc(-n6c7ccc8ccccc8c7c7c8ccccc8ccc76)ccc45)n3)cc2)cc1. The van der Waals surface area contributed by atoms with Crippen molar-refractivity contribution in [3.05, 3.63) is 218 Å². The summed E-state index contributed by atoms with van der Waals surface area (Å²) in [6.45, 7) is 0. The van der Waals surface area contributed by atoms with Gasteiger partial charge < -0.3 is 4.57 Å². The van der Waals surface area contributed by atoms with Crippen LogP contribution in [0.25, 0.3) is 126 Å². The zero-order valence-electron chi connectivity index (χ0n) is 34.5. The predicted molar refractivity (Wildman–Crippen MR) is 269 cm³/mol. The fraction of sp³-hybridized carbons (Fsp3) is 0. The first-order chi connectivity index (χ1) is 31.7. The summed E-state index contributed by atoms with van der Waals surface area (Å²) in [5.41, 5.74) is 11.0. The highest BCUT2D eigenvalue weighted by Gasteiger charge is 2.21. The van der Waals surface area contributed by atoms with Gasteiger partial charge >= 0.3 is 0 Å². The molecule has 0 spiro atoms. The van der Waals surface area contributed by atoms with Gasteiger partial charge in [0.2, 0.25) is 0 Å². The molecular formula is C59H36N4S. The van der Waals surface area contributed by atoms with Gasteiger partial charge in [0.1, 0.15) is 0 Å². The molecule has 13 aromatic rings. The lowest BCUT2D eigenvalue weighted by molar-refractivity contribution is 1.08. The third-order valence-electron chi connectivity index (χ3n) is 12.7. The Balaban J connectivity index is 0.982. The maximum Gasteiger partial charge on any atom is 0.165 e. The standard InChI is InChI=1S/C59H36N4S/c1-3-14-37(15-4-1)38-26-28-41(29-27-38)44-20-11-12-23-49(44)58-60-57(42-18-5-2-6-19-42)61-59(62-58)50-25-13-24-48-47-33-32-43(36-53(47)64-56(48)50)63-51-34-30-39-16-7-9-21-45(39)54(51)55-46-22-10-8-17-40(46)31-35-52(55)63/h1-36H. The molecule has 0 bridgehead atoms. The van der Waals surface area contributed by atoms with Crippen LogP contribution in [0.1, 0.15) is 0 Å². The topological polar surface area (TPSA) is 43.6 Å². The Bertz CT molecular complexity index is 3850. The van der Waals surface area contributed by atoms with Crippen molar-refractivity contribution < 1.29 is 0 Å². The van der Waals surface area contributed by atoms with Crippen molar-refractivity contribution in [2.45, 2.75) is 0 Å². The van der Waals surface area contributed by atoms with Crippen LogP contribution in [0.5, 0.6) is 0 Å². The van der Waals surface area contributed by atoms with Gasteiger partial charge in [-0.1, -0.05) is 188 Å². The third-order valence-corrected chi connectivity index (χ3v) is 13.9. The third kappa shape index (κ3) is 5.86. The van der Waals surface area contributed by atoms with Crippen molar-refractivity contribution in [1.29, 1.82) is 0 Å². The van der Waals surface area contributed by atoms with E-state index >= 15 is 0 Å². The van der Waals surface area contributed by atoms with Gasteiger partial charge in [0, 0.05) is 53.3 Å². The highest BCUT2D eigenvalue weighted by Crippen LogP contribution is 2.44. The number of aromatic nitrogens is 4. The molecule has 64 heavy (non-hydrogen) atoms. The van der Waals surface area contributed by atoms with Gasteiger partial charge in [-0.3, -0.25) is 0 Å². The first-order valence-electron chi connectivity index (χ1n) is 21.6. The molecule has 5 heteroatoms. The molecule has 3 aromatic heterocycles. The van der Waals surface area contributed by atoms with Crippen LogP contribution in [-0.4, -0.2) is 19.5 Å². The molecule has 0 unspecified atom stereocenters. The van der Waals surface area contributed by atoms with Gasteiger partial charge in [-0.05, 0) is 74.1 Å². The van der Waals surface area contributed by atoms with Crippen molar-refractivity contribution in [2.75, 3.05) is 0 Å². The first-order valence-corrected chi connectivity index (χ1v) is 22.4. The van der Waals surface area contributed by atoms with E-state index in [9.17, 15) is 0 Å². The van der Waals surface area contributed by atoms with E-state index in [1.807, 2.05) is 24.3 Å². The van der Waals surface area contributed by atoms with Crippen molar-refractivity contribution in [2.24, 2.45) is 0 Å². The van der Waals surface area contributed by atoms with Gasteiger partial charge in [-0.25, -0.2) is 15.0 Å². The number of hydrogen-bond acceptors (Lipinski definition) is 4. The molecule has 4 nitrogen and oxygen atoms in total. The number of hydrogen-bond donors (Lipinski definition) is 0. The van der Waals surface area contributed by atoms with Crippen LogP contribution in [0.3, 0.4) is 0 Å². The highest BCUT2D eigenvalue weighted by atomic mass is 32.1. The summed E-state index contributed by atoms with van der Waals surface area (Å²) in [6, 6.07) is 78.0. The summed E-state index contributed by atoms with van der Waals surface area (Å²) in [5, 5.41) is 9.99. The summed E-state index contributed by atoms with van der Waals surface area (Å²) >= 11 is 1.80. The molecule has 0 fully saturated rings. The molecule has 13 rings (SSSR count). The quantitative estimate of drug-likeness (QED) is 0.168. The molecule has 0 atom stereocenters. The minimum Gasteiger partial charge on any atom is -0.309 e. The lowest BCUT2D eigenvalue weighted by atomic mass is 9.96. The van der Waals surface area contributed by atoms with Gasteiger partial charge in [0.05, 0.1) is 11.0 Å². The van der Waals surface area contributed by atoms with Crippen molar-refractivity contribution >= 4 is 74.9 Å². The minimum atomic E-state index is 0.637. The Morgan fingerprint density at radius 2 is 0.844 bits per heavy atom. The van der Waals surface area contributed by atoms with E-state index in [0.29, 0.717) is 17.5 Å². The molecular weight excluding hydrogens is 797 g/mol. The van der Waals surface area contributed by atoms with Gasteiger partial charge in [0.15, 0.2) is 17.5 Å². The molecule has 0 aliphatic rings. The molecule has 298 valence electrons. The smallest absolute Gasteiger partial charge is 0.165 e. The number of nitrogens with zero attached hydrogens (tertiary/aromatic N) is 4. The van der Waals surface area contributed by atoms with Gasteiger partial charge in [-0.2, -0.15) is 0 Å². The summed E-state index contributed by atoms with van der Waals surface area (Å²) in [5.74, 6) is 1.93. The number of rotatable bonds is 6. The first kappa shape index (κ1) is 36.4. The van der Waals surface area contributed by atoms with Crippen molar-refractivity contribution in [3.8, 4) is 62.1 Å². The van der Waals surface area contributed by atoms with E-state index in [1.165, 1.54) is 70.0 Å². The average molecular weight is 833 g/mol. The van der Waals surface area contributed by atoms with Crippen molar-refractivity contribution in [1.82, 2.24) is 19.5 Å². The fourth-order valence-corrected chi connectivity index (χ4v) is 10.9. The van der Waals surface area contributed by atoms with E-state index in [2.05, 4.69) is 199 Å². The molecule has 0 saturated heterocycles. The van der Waals surface area contributed by atoms with E-state index in [1.54, 1.807) is 11.3 Å². The second-order valence-electron chi connectivity index (χ2n) is 16.3. The average Bonchev–Trinajstić information content (AvgIpc) is 3.93. The number of benzene rings is 10. The second kappa shape index (κ2) is 14.7. The second-order valence-corrected chi connectivity index (χ2v) is 17.4. The molecule has 0 N–H and O–H groups in total. The zero-order chi connectivity index (χ0) is 42.1.